The Bertz CT molecular complexity index is 554. The Morgan fingerprint density at radius 3 is 3.00 bits per heavy atom. The molecule has 0 atom stereocenters. The molecule has 0 amide bonds. The number of methoxy groups -OCH3 is 1. The highest BCUT2D eigenvalue weighted by atomic mass is 16.5. The lowest BCUT2D eigenvalue weighted by Crippen LogP contribution is -1.85. The summed E-state index contributed by atoms with van der Waals surface area (Å²) in [5.41, 5.74) is 1.78. The molecule has 4 nitrogen and oxygen atoms in total. The number of aromatic amines is 1. The van der Waals surface area contributed by atoms with Crippen molar-refractivity contribution < 1.29 is 14.6 Å². The zero-order valence-electron chi connectivity index (χ0n) is 8.73. The van der Waals surface area contributed by atoms with Gasteiger partial charge in [-0.05, 0) is 24.3 Å². The van der Waals surface area contributed by atoms with Crippen molar-refractivity contribution in [1.29, 1.82) is 0 Å². The number of hydrogen-bond acceptors (Lipinski definition) is 2. The van der Waals surface area contributed by atoms with Gasteiger partial charge in [-0.3, -0.25) is 0 Å². The van der Waals surface area contributed by atoms with E-state index < -0.39 is 5.97 Å². The third-order valence-corrected chi connectivity index (χ3v) is 2.33. The summed E-state index contributed by atoms with van der Waals surface area (Å²) in [6.45, 7) is 0. The lowest BCUT2D eigenvalue weighted by molar-refractivity contribution is -0.131. The molecule has 0 bridgehead atoms. The predicted octanol–water partition coefficient (Wildman–Crippen LogP) is 2.27. The minimum atomic E-state index is -0.961. The lowest BCUT2D eigenvalue weighted by Gasteiger charge is -1.99. The molecular weight excluding hydrogens is 206 g/mol. The van der Waals surface area contributed by atoms with E-state index in [1.165, 1.54) is 0 Å². The number of aliphatic carboxylic acids is 1. The summed E-state index contributed by atoms with van der Waals surface area (Å²) in [6, 6.07) is 5.61. The maximum atomic E-state index is 10.4. The Kier molecular flexibility index (Phi) is 2.64. The van der Waals surface area contributed by atoms with Crippen LogP contribution in [0.3, 0.4) is 0 Å². The predicted molar refractivity (Wildman–Crippen MR) is 61.5 cm³/mol. The van der Waals surface area contributed by atoms with Gasteiger partial charge in [-0.15, -0.1) is 0 Å². The molecule has 0 aliphatic carbocycles. The van der Waals surface area contributed by atoms with Crippen LogP contribution in [0.2, 0.25) is 0 Å². The molecule has 1 heterocycles. The minimum Gasteiger partial charge on any atom is -0.497 e. The van der Waals surface area contributed by atoms with Gasteiger partial charge < -0.3 is 14.8 Å². The Hall–Kier alpha value is -2.23. The van der Waals surface area contributed by atoms with Crippen molar-refractivity contribution in [3.05, 3.63) is 36.0 Å². The number of ether oxygens (including phenoxy) is 1. The van der Waals surface area contributed by atoms with Crippen LogP contribution < -0.4 is 4.74 Å². The van der Waals surface area contributed by atoms with Crippen LogP contribution in [0.1, 0.15) is 5.56 Å². The molecule has 0 unspecified atom stereocenters. The molecular formula is C12H11NO3. The summed E-state index contributed by atoms with van der Waals surface area (Å²) < 4.78 is 5.12. The number of hydrogen-bond donors (Lipinski definition) is 2. The number of carbonyl (C=O) groups is 1. The quantitative estimate of drug-likeness (QED) is 0.775. The second kappa shape index (κ2) is 4.10. The Morgan fingerprint density at radius 1 is 1.50 bits per heavy atom. The molecule has 2 aromatic rings. The van der Waals surface area contributed by atoms with Crippen molar-refractivity contribution >= 4 is 22.9 Å². The maximum Gasteiger partial charge on any atom is 0.328 e. The largest absolute Gasteiger partial charge is 0.497 e. The van der Waals surface area contributed by atoms with Crippen LogP contribution in [0.5, 0.6) is 5.75 Å². The fourth-order valence-electron chi connectivity index (χ4n) is 1.55. The van der Waals surface area contributed by atoms with E-state index in [0.29, 0.717) is 0 Å². The standard InChI is InChI=1S/C12H11NO3/c1-16-9-3-4-11-10(6-9)8(7-13-11)2-5-12(14)15/h2-7,13H,1H3,(H,14,15). The van der Waals surface area contributed by atoms with E-state index in [2.05, 4.69) is 4.98 Å². The van der Waals surface area contributed by atoms with Crippen molar-refractivity contribution in [2.24, 2.45) is 0 Å². The first kappa shape index (κ1) is 10.3. The first-order valence-electron chi connectivity index (χ1n) is 4.77. The van der Waals surface area contributed by atoms with Crippen molar-refractivity contribution in [2.45, 2.75) is 0 Å². The van der Waals surface area contributed by atoms with Gasteiger partial charge in [-0.2, -0.15) is 0 Å². The lowest BCUT2D eigenvalue weighted by atomic mass is 10.1. The molecule has 0 saturated carbocycles. The molecule has 0 aliphatic heterocycles. The molecule has 0 radical (unpaired) electrons. The molecule has 82 valence electrons. The van der Waals surface area contributed by atoms with Gasteiger partial charge in [0.25, 0.3) is 0 Å². The molecule has 0 spiro atoms. The topological polar surface area (TPSA) is 62.3 Å². The fraction of sp³-hybridized carbons (Fsp3) is 0.0833. The zero-order chi connectivity index (χ0) is 11.5. The van der Waals surface area contributed by atoms with Gasteiger partial charge in [0, 0.05) is 28.7 Å². The van der Waals surface area contributed by atoms with Crippen molar-refractivity contribution in [2.75, 3.05) is 7.11 Å². The molecule has 2 rings (SSSR count). The molecule has 1 aromatic heterocycles. The number of nitrogens with one attached hydrogen (secondary N) is 1. The molecule has 0 fully saturated rings. The molecule has 16 heavy (non-hydrogen) atoms. The van der Waals surface area contributed by atoms with Crippen LogP contribution in [0.4, 0.5) is 0 Å². The summed E-state index contributed by atoms with van der Waals surface area (Å²) in [6.07, 6.45) is 4.44. The fourth-order valence-corrected chi connectivity index (χ4v) is 1.55. The highest BCUT2D eigenvalue weighted by molar-refractivity contribution is 5.93. The van der Waals surface area contributed by atoms with Gasteiger partial charge in [0.15, 0.2) is 0 Å². The van der Waals surface area contributed by atoms with E-state index in [1.807, 2.05) is 18.2 Å². The number of H-pyrrole nitrogens is 1. The second-order valence-corrected chi connectivity index (χ2v) is 3.33. The summed E-state index contributed by atoms with van der Waals surface area (Å²) in [4.78, 5) is 13.5. The van der Waals surface area contributed by atoms with Crippen LogP contribution >= 0.6 is 0 Å². The Morgan fingerprint density at radius 2 is 2.31 bits per heavy atom. The monoisotopic (exact) mass is 217 g/mol. The van der Waals surface area contributed by atoms with Crippen molar-refractivity contribution in [3.8, 4) is 5.75 Å². The minimum absolute atomic E-state index is 0.747. The van der Waals surface area contributed by atoms with Gasteiger partial charge in [0.2, 0.25) is 0 Å². The molecule has 4 heteroatoms. The van der Waals surface area contributed by atoms with E-state index >= 15 is 0 Å². The zero-order valence-corrected chi connectivity index (χ0v) is 8.73. The summed E-state index contributed by atoms with van der Waals surface area (Å²) >= 11 is 0. The molecule has 0 saturated heterocycles. The van der Waals surface area contributed by atoms with Crippen LogP contribution in [0.15, 0.2) is 30.5 Å². The SMILES string of the molecule is COc1ccc2[nH]cc(C=CC(=O)O)c2c1. The van der Waals surface area contributed by atoms with Gasteiger partial charge in [0.05, 0.1) is 7.11 Å². The van der Waals surface area contributed by atoms with E-state index in [9.17, 15) is 4.79 Å². The van der Waals surface area contributed by atoms with Gasteiger partial charge >= 0.3 is 5.97 Å². The number of benzene rings is 1. The van der Waals surface area contributed by atoms with Crippen LogP contribution in [0.25, 0.3) is 17.0 Å². The van der Waals surface area contributed by atoms with Gasteiger partial charge in [-0.1, -0.05) is 0 Å². The first-order chi connectivity index (χ1) is 7.70. The van der Waals surface area contributed by atoms with Gasteiger partial charge in [-0.25, -0.2) is 4.79 Å². The smallest absolute Gasteiger partial charge is 0.328 e. The summed E-state index contributed by atoms with van der Waals surface area (Å²) in [7, 11) is 1.60. The summed E-state index contributed by atoms with van der Waals surface area (Å²) in [5, 5.41) is 9.50. The number of rotatable bonds is 3. The van der Waals surface area contributed by atoms with E-state index in [1.54, 1.807) is 19.4 Å². The Labute approximate surface area is 92.2 Å². The average Bonchev–Trinajstić information content (AvgIpc) is 2.68. The van der Waals surface area contributed by atoms with Gasteiger partial charge in [0.1, 0.15) is 5.75 Å². The molecule has 1 aromatic carbocycles. The number of carboxylic acids is 1. The van der Waals surface area contributed by atoms with E-state index in [-0.39, 0.29) is 0 Å². The third-order valence-electron chi connectivity index (χ3n) is 2.33. The molecule has 2 N–H and O–H groups in total. The summed E-state index contributed by atoms with van der Waals surface area (Å²) in [5.74, 6) is -0.214. The van der Waals surface area contributed by atoms with Crippen LogP contribution in [0, 0.1) is 0 Å². The highest BCUT2D eigenvalue weighted by Crippen LogP contribution is 2.24. The normalized spacial score (nSPS) is 11.1. The van der Waals surface area contributed by atoms with E-state index in [4.69, 9.17) is 9.84 Å². The number of carboxylic acid groups (broad SMARTS) is 1. The first-order valence-corrected chi connectivity index (χ1v) is 4.77. The number of aromatic nitrogens is 1. The van der Waals surface area contributed by atoms with E-state index in [0.717, 1.165) is 28.3 Å². The van der Waals surface area contributed by atoms with Crippen LogP contribution in [-0.2, 0) is 4.79 Å². The average molecular weight is 217 g/mol. The van der Waals surface area contributed by atoms with Crippen molar-refractivity contribution in [1.82, 2.24) is 4.98 Å². The maximum absolute atomic E-state index is 10.4. The second-order valence-electron chi connectivity index (χ2n) is 3.33. The Balaban J connectivity index is 2.49. The third kappa shape index (κ3) is 1.91. The van der Waals surface area contributed by atoms with Crippen molar-refractivity contribution in [3.63, 3.8) is 0 Å². The number of fused-ring (bicyclic) bond motifs is 1. The molecule has 0 aliphatic rings. The highest BCUT2D eigenvalue weighted by Gasteiger charge is 2.02. The van der Waals surface area contributed by atoms with Crippen LogP contribution in [-0.4, -0.2) is 23.2 Å².